The van der Waals surface area contributed by atoms with Crippen molar-refractivity contribution in [2.24, 2.45) is 0 Å². The number of halogens is 1. The highest BCUT2D eigenvalue weighted by molar-refractivity contribution is 7.19. The Labute approximate surface area is 102 Å². The fraction of sp³-hybridized carbons (Fsp3) is 0.182. The Hall–Kier alpha value is -1.44. The van der Waals surface area contributed by atoms with Gasteiger partial charge >= 0.3 is 0 Å². The Kier molecular flexibility index (Phi) is 2.90. The molecular weight excluding hydrogens is 246 g/mol. The molecule has 1 aromatic heterocycles. The molecule has 0 spiro atoms. The first kappa shape index (κ1) is 11.1. The van der Waals surface area contributed by atoms with Crippen molar-refractivity contribution in [2.75, 3.05) is 14.2 Å². The summed E-state index contributed by atoms with van der Waals surface area (Å²) in [6.07, 6.45) is 0. The second kappa shape index (κ2) is 4.20. The topological polar surface area (TPSA) is 42.2 Å². The molecule has 0 unspecified atom stereocenters. The first-order valence-corrected chi connectivity index (χ1v) is 5.64. The van der Waals surface area contributed by atoms with Crippen molar-refractivity contribution in [2.45, 2.75) is 0 Å². The van der Waals surface area contributed by atoms with E-state index in [4.69, 9.17) is 26.3 Å². The molecule has 1 aromatic carbocycles. The standard InChI is InChI=1S/C11H8ClNO2S/c1-14-8-4-9-7(3-6(5-13)16-9)10(12)11(8)15-2/h3-4H,1-2H3. The Morgan fingerprint density at radius 1 is 1.31 bits per heavy atom. The van der Waals surface area contributed by atoms with Crippen LogP contribution in [0.15, 0.2) is 12.1 Å². The highest BCUT2D eigenvalue weighted by Crippen LogP contribution is 2.43. The summed E-state index contributed by atoms with van der Waals surface area (Å²) in [7, 11) is 3.09. The van der Waals surface area contributed by atoms with Gasteiger partial charge in [-0.1, -0.05) is 11.6 Å². The molecule has 0 saturated heterocycles. The molecule has 0 amide bonds. The van der Waals surface area contributed by atoms with Crippen molar-refractivity contribution in [1.29, 1.82) is 5.26 Å². The van der Waals surface area contributed by atoms with Crippen LogP contribution in [-0.4, -0.2) is 14.2 Å². The van der Waals surface area contributed by atoms with E-state index in [-0.39, 0.29) is 0 Å². The van der Waals surface area contributed by atoms with Crippen LogP contribution in [0.2, 0.25) is 5.02 Å². The zero-order valence-corrected chi connectivity index (χ0v) is 10.3. The van der Waals surface area contributed by atoms with Crippen LogP contribution in [0.1, 0.15) is 4.88 Å². The Bertz CT molecular complexity index is 586. The van der Waals surface area contributed by atoms with E-state index in [0.717, 1.165) is 10.1 Å². The lowest BCUT2D eigenvalue weighted by atomic mass is 10.2. The molecule has 0 aliphatic heterocycles. The van der Waals surface area contributed by atoms with E-state index in [1.807, 2.05) is 6.07 Å². The van der Waals surface area contributed by atoms with Crippen molar-refractivity contribution in [3.63, 3.8) is 0 Å². The molecule has 16 heavy (non-hydrogen) atoms. The van der Waals surface area contributed by atoms with Crippen LogP contribution in [-0.2, 0) is 0 Å². The van der Waals surface area contributed by atoms with Crippen molar-refractivity contribution in [3.05, 3.63) is 22.0 Å². The summed E-state index contributed by atoms with van der Waals surface area (Å²) in [5.74, 6) is 1.07. The molecule has 0 aliphatic rings. The summed E-state index contributed by atoms with van der Waals surface area (Å²) < 4.78 is 11.3. The number of hydrogen-bond donors (Lipinski definition) is 0. The average molecular weight is 254 g/mol. The van der Waals surface area contributed by atoms with E-state index >= 15 is 0 Å². The highest BCUT2D eigenvalue weighted by atomic mass is 35.5. The maximum Gasteiger partial charge on any atom is 0.180 e. The number of ether oxygens (including phenoxy) is 2. The van der Waals surface area contributed by atoms with Gasteiger partial charge in [-0.25, -0.2) is 0 Å². The van der Waals surface area contributed by atoms with Crippen molar-refractivity contribution >= 4 is 33.0 Å². The molecule has 0 bridgehead atoms. The molecule has 0 atom stereocenters. The quantitative estimate of drug-likeness (QED) is 0.823. The molecule has 0 N–H and O–H groups in total. The van der Waals surface area contributed by atoms with Crippen LogP contribution in [0, 0.1) is 11.3 Å². The van der Waals surface area contributed by atoms with Gasteiger partial charge in [0.15, 0.2) is 11.5 Å². The Morgan fingerprint density at radius 3 is 2.62 bits per heavy atom. The number of fused-ring (bicyclic) bond motifs is 1. The van der Waals surface area contributed by atoms with E-state index in [2.05, 4.69) is 6.07 Å². The summed E-state index contributed by atoms with van der Waals surface area (Å²) >= 11 is 7.57. The summed E-state index contributed by atoms with van der Waals surface area (Å²) in [5, 5.41) is 10.1. The fourth-order valence-corrected chi connectivity index (χ4v) is 2.77. The van der Waals surface area contributed by atoms with Crippen LogP contribution < -0.4 is 9.47 Å². The Balaban J connectivity index is 2.80. The molecule has 2 rings (SSSR count). The van der Waals surface area contributed by atoms with Crippen LogP contribution >= 0.6 is 22.9 Å². The van der Waals surface area contributed by atoms with Gasteiger partial charge in [0, 0.05) is 16.2 Å². The van der Waals surface area contributed by atoms with Gasteiger partial charge < -0.3 is 9.47 Å². The summed E-state index contributed by atoms with van der Waals surface area (Å²) in [6, 6.07) is 5.68. The third kappa shape index (κ3) is 1.58. The van der Waals surface area contributed by atoms with Crippen molar-refractivity contribution in [1.82, 2.24) is 0 Å². The van der Waals surface area contributed by atoms with Crippen LogP contribution in [0.5, 0.6) is 11.5 Å². The lowest BCUT2D eigenvalue weighted by molar-refractivity contribution is 0.356. The lowest BCUT2D eigenvalue weighted by Crippen LogP contribution is -1.90. The van der Waals surface area contributed by atoms with Crippen LogP contribution in [0.4, 0.5) is 0 Å². The zero-order valence-electron chi connectivity index (χ0n) is 8.70. The maximum absolute atomic E-state index is 8.84. The van der Waals surface area contributed by atoms with Crippen molar-refractivity contribution < 1.29 is 9.47 Å². The summed E-state index contributed by atoms with van der Waals surface area (Å²) in [5.41, 5.74) is 0. The molecule has 0 saturated carbocycles. The zero-order chi connectivity index (χ0) is 11.7. The number of benzene rings is 1. The van der Waals surface area contributed by atoms with E-state index in [1.165, 1.54) is 18.4 Å². The molecule has 5 heteroatoms. The second-order valence-corrected chi connectivity index (χ2v) is 4.52. The molecular formula is C11H8ClNO2S. The van der Waals surface area contributed by atoms with Crippen molar-refractivity contribution in [3.8, 4) is 17.6 Å². The van der Waals surface area contributed by atoms with Gasteiger partial charge in [-0.15, -0.1) is 11.3 Å². The molecule has 1 heterocycles. The molecule has 0 radical (unpaired) electrons. The minimum absolute atomic E-state index is 0.481. The number of rotatable bonds is 2. The molecule has 3 nitrogen and oxygen atoms in total. The van der Waals surface area contributed by atoms with E-state index in [9.17, 15) is 0 Å². The van der Waals surface area contributed by atoms with Crippen LogP contribution in [0.25, 0.3) is 10.1 Å². The third-order valence-corrected chi connectivity index (χ3v) is 3.58. The van der Waals surface area contributed by atoms with Gasteiger partial charge in [0.2, 0.25) is 0 Å². The Morgan fingerprint density at radius 2 is 2.06 bits per heavy atom. The van der Waals surface area contributed by atoms with Crippen LogP contribution in [0.3, 0.4) is 0 Å². The smallest absolute Gasteiger partial charge is 0.180 e. The fourth-order valence-electron chi connectivity index (χ4n) is 1.50. The summed E-state index contributed by atoms with van der Waals surface area (Å²) in [6.45, 7) is 0. The average Bonchev–Trinajstić information content (AvgIpc) is 2.72. The van der Waals surface area contributed by atoms with E-state index in [1.54, 1.807) is 13.2 Å². The maximum atomic E-state index is 8.84. The normalized spacial score (nSPS) is 10.1. The number of nitriles is 1. The first-order chi connectivity index (χ1) is 7.71. The monoisotopic (exact) mass is 253 g/mol. The predicted octanol–water partition coefficient (Wildman–Crippen LogP) is 3.44. The number of nitrogens with zero attached hydrogens (tertiary/aromatic N) is 1. The summed E-state index contributed by atoms with van der Waals surface area (Å²) in [4.78, 5) is 0.618. The largest absolute Gasteiger partial charge is 0.493 e. The first-order valence-electron chi connectivity index (χ1n) is 4.45. The number of hydrogen-bond acceptors (Lipinski definition) is 4. The second-order valence-electron chi connectivity index (χ2n) is 3.06. The van der Waals surface area contributed by atoms with E-state index < -0.39 is 0 Å². The molecule has 0 fully saturated rings. The molecule has 2 aromatic rings. The minimum atomic E-state index is 0.481. The predicted molar refractivity (Wildman–Crippen MR) is 64.7 cm³/mol. The van der Waals surface area contributed by atoms with Gasteiger partial charge in [0.1, 0.15) is 10.9 Å². The SMILES string of the molecule is COc1cc2sc(C#N)cc2c(Cl)c1OC. The third-order valence-electron chi connectivity index (χ3n) is 2.22. The molecule has 82 valence electrons. The van der Waals surface area contributed by atoms with Gasteiger partial charge in [0.05, 0.1) is 19.2 Å². The minimum Gasteiger partial charge on any atom is -0.493 e. The van der Waals surface area contributed by atoms with Gasteiger partial charge in [-0.2, -0.15) is 5.26 Å². The van der Waals surface area contributed by atoms with Gasteiger partial charge in [-0.3, -0.25) is 0 Å². The van der Waals surface area contributed by atoms with Gasteiger partial charge in [0.25, 0.3) is 0 Å². The van der Waals surface area contributed by atoms with E-state index in [0.29, 0.717) is 21.4 Å². The van der Waals surface area contributed by atoms with Gasteiger partial charge in [-0.05, 0) is 6.07 Å². The highest BCUT2D eigenvalue weighted by Gasteiger charge is 2.15. The lowest BCUT2D eigenvalue weighted by Gasteiger charge is -2.09. The number of methoxy groups -OCH3 is 2. The molecule has 0 aliphatic carbocycles. The number of thiophene rings is 1.